The smallest absolute Gasteiger partial charge is 0.188 e. The predicted molar refractivity (Wildman–Crippen MR) is 314 cm³/mol. The summed E-state index contributed by atoms with van der Waals surface area (Å²) in [6, 6.07) is 59.0. The summed E-state index contributed by atoms with van der Waals surface area (Å²) in [5, 5.41) is 2.34. The molecule has 3 aliphatic heterocycles. The fraction of sp³-hybridized carbons (Fsp3) is 0.304. The summed E-state index contributed by atoms with van der Waals surface area (Å²) in [5.74, 6) is 2.47. The average molecular weight is 976 g/mol. The maximum Gasteiger partial charge on any atom is 0.188 e. The van der Waals surface area contributed by atoms with Crippen LogP contribution in [0.15, 0.2) is 164 Å². The van der Waals surface area contributed by atoms with Crippen LogP contribution in [0.5, 0.6) is 11.5 Å². The van der Waals surface area contributed by atoms with Crippen LogP contribution in [0, 0.1) is 6.67 Å². The van der Waals surface area contributed by atoms with Gasteiger partial charge in [-0.25, -0.2) is 4.98 Å². The van der Waals surface area contributed by atoms with Gasteiger partial charge in [0, 0.05) is 58.4 Å². The Balaban J connectivity index is 1.01. The van der Waals surface area contributed by atoms with E-state index in [0.29, 0.717) is 8.97 Å². The SMILES string of the molecule is CC(C)(C)c1ccc(-c2cnc(-n3c4ccccc4c4ccc(Oc5cccc([N@@+]67[CH-][N@@+](c8cc(C(C)(C)C)cc(C(C)(C)C)c8)(C6)c6c(-c8cccc(C(C)(C)C)c8)cccc67)c5)cc43)cc2C(C)(C)C)cc1. The number of hydrogen-bond acceptors (Lipinski definition) is 2. The lowest BCUT2D eigenvalue weighted by molar-refractivity contribution is 0.187. The molecule has 0 unspecified atom stereocenters. The lowest BCUT2D eigenvalue weighted by atomic mass is 9.80. The molecule has 12 rings (SSSR count). The van der Waals surface area contributed by atoms with Crippen LogP contribution in [0.4, 0.5) is 22.7 Å². The molecule has 5 nitrogen and oxygen atoms in total. The summed E-state index contributed by atoms with van der Waals surface area (Å²) >= 11 is 0. The summed E-state index contributed by atoms with van der Waals surface area (Å²) in [6.45, 7) is 38.1. The van der Waals surface area contributed by atoms with Crippen LogP contribution in [0.25, 0.3) is 49.9 Å². The Bertz CT molecular complexity index is 3630. The monoisotopic (exact) mass is 976 g/mol. The molecule has 2 bridgehead atoms. The Morgan fingerprint density at radius 2 is 1.07 bits per heavy atom. The van der Waals surface area contributed by atoms with Crippen molar-refractivity contribution in [3.8, 4) is 39.6 Å². The van der Waals surface area contributed by atoms with Crippen molar-refractivity contribution in [3.63, 3.8) is 0 Å². The zero-order valence-electron chi connectivity index (χ0n) is 46.6. The minimum absolute atomic E-state index is 0.0207. The first-order valence-electron chi connectivity index (χ1n) is 26.7. The van der Waals surface area contributed by atoms with Crippen LogP contribution in [0.3, 0.4) is 0 Å². The van der Waals surface area contributed by atoms with Gasteiger partial charge in [0.1, 0.15) is 28.7 Å². The highest BCUT2D eigenvalue weighted by Crippen LogP contribution is 2.68. The Morgan fingerprint density at radius 1 is 0.446 bits per heavy atom. The minimum Gasteiger partial charge on any atom is -0.457 e. The predicted octanol–water partition coefficient (Wildman–Crippen LogP) is 19.2. The number of rotatable bonds is 7. The second-order valence-electron chi connectivity index (χ2n) is 26.6. The normalized spacial score (nSPS) is 17.9. The Hall–Kier alpha value is -6.79. The van der Waals surface area contributed by atoms with Gasteiger partial charge >= 0.3 is 0 Å². The number of para-hydroxylation sites is 2. The molecule has 0 radical (unpaired) electrons. The largest absolute Gasteiger partial charge is 0.457 e. The summed E-state index contributed by atoms with van der Waals surface area (Å²) in [4.78, 5) is 5.26. The van der Waals surface area contributed by atoms with Crippen molar-refractivity contribution in [2.75, 3.05) is 6.67 Å². The van der Waals surface area contributed by atoms with E-state index in [0.717, 1.165) is 46.0 Å². The van der Waals surface area contributed by atoms with E-state index in [1.54, 1.807) is 0 Å². The zero-order chi connectivity index (χ0) is 52.5. The molecule has 5 heteroatoms. The second kappa shape index (κ2) is 16.9. The number of aromatic nitrogens is 2. The first kappa shape index (κ1) is 49.4. The van der Waals surface area contributed by atoms with E-state index >= 15 is 0 Å². The third-order valence-corrected chi connectivity index (χ3v) is 16.0. The Labute approximate surface area is 441 Å². The highest BCUT2D eigenvalue weighted by molar-refractivity contribution is 6.09. The van der Waals surface area contributed by atoms with Gasteiger partial charge in [0.15, 0.2) is 18.0 Å². The molecular weight excluding hydrogens is 901 g/mol. The number of benzene rings is 7. The van der Waals surface area contributed by atoms with Crippen molar-refractivity contribution in [3.05, 3.63) is 198 Å². The number of nitrogens with zero attached hydrogens (tertiary/aromatic N) is 4. The molecule has 0 aliphatic carbocycles. The van der Waals surface area contributed by atoms with Gasteiger partial charge in [-0.2, -0.15) is 0 Å². The van der Waals surface area contributed by atoms with E-state index in [-0.39, 0.29) is 27.1 Å². The molecule has 2 atom stereocenters. The fourth-order valence-electron chi connectivity index (χ4n) is 11.6. The summed E-state index contributed by atoms with van der Waals surface area (Å²) in [7, 11) is 0. The molecule has 74 heavy (non-hydrogen) atoms. The first-order valence-corrected chi connectivity index (χ1v) is 26.7. The summed E-state index contributed by atoms with van der Waals surface area (Å²) in [5.41, 5.74) is 18.8. The van der Waals surface area contributed by atoms with Crippen LogP contribution in [0.1, 0.15) is 132 Å². The van der Waals surface area contributed by atoms with Crippen LogP contribution in [-0.2, 0) is 27.1 Å². The van der Waals surface area contributed by atoms with Gasteiger partial charge < -0.3 is 4.74 Å². The molecule has 0 amide bonds. The van der Waals surface area contributed by atoms with Gasteiger partial charge in [-0.1, -0.05) is 189 Å². The quantitative estimate of drug-likeness (QED) is 0.118. The van der Waals surface area contributed by atoms with E-state index in [4.69, 9.17) is 9.72 Å². The third-order valence-electron chi connectivity index (χ3n) is 16.0. The molecule has 0 N–H and O–H groups in total. The standard InChI is InChI=1S/C69H75N4O/c1-65(2,3)47-31-29-45(30-32-47)58-42-70-63(41-59(58)69(13,14)15)71-60-27-17-16-25-56(60)57-34-33-54(40-61(57)71)74-53-24-19-23-51(39-53)72-43-73(44-72,52-37-49(67(7,8)9)36-50(38-52)68(10,11)12)64-55(26-20-28-62(64)72)46-21-18-22-48(35-46)66(4,5)6/h16-43H,44H2,1-15H3/q+1/t72-,73+/m1/s1. The van der Waals surface area contributed by atoms with Crippen LogP contribution in [0.2, 0.25) is 0 Å². The van der Waals surface area contributed by atoms with Gasteiger partial charge in [0.05, 0.1) is 17.7 Å². The molecule has 9 aromatic rings. The molecule has 2 aromatic heterocycles. The summed E-state index contributed by atoms with van der Waals surface area (Å²) < 4.78 is 10.6. The Kier molecular flexibility index (Phi) is 11.3. The molecule has 1 saturated heterocycles. The molecule has 0 spiro atoms. The van der Waals surface area contributed by atoms with E-state index in [2.05, 4.69) is 279 Å². The van der Waals surface area contributed by atoms with Crippen LogP contribution in [-0.4, -0.2) is 16.2 Å². The van der Waals surface area contributed by atoms with Gasteiger partial charge in [-0.15, -0.1) is 0 Å². The lowest BCUT2D eigenvalue weighted by Crippen LogP contribution is -2.67. The molecule has 376 valence electrons. The van der Waals surface area contributed by atoms with Crippen LogP contribution < -0.4 is 13.7 Å². The molecule has 1 fully saturated rings. The minimum atomic E-state index is -0.132. The van der Waals surface area contributed by atoms with Crippen LogP contribution >= 0.6 is 0 Å². The number of fused-ring (bicyclic) bond motifs is 3. The van der Waals surface area contributed by atoms with Gasteiger partial charge in [-0.3, -0.25) is 13.5 Å². The van der Waals surface area contributed by atoms with Crippen molar-refractivity contribution < 1.29 is 4.74 Å². The highest BCUT2D eigenvalue weighted by atomic mass is 16.5. The van der Waals surface area contributed by atoms with Crippen molar-refractivity contribution in [2.45, 2.75) is 131 Å². The number of pyridine rings is 1. The number of hydrogen-bond donors (Lipinski definition) is 0. The molecule has 7 aromatic carbocycles. The number of quaternary nitrogens is 2. The van der Waals surface area contributed by atoms with Gasteiger partial charge in [0.25, 0.3) is 0 Å². The van der Waals surface area contributed by atoms with Crippen molar-refractivity contribution in [2.24, 2.45) is 0 Å². The molecule has 0 saturated carbocycles. The second-order valence-corrected chi connectivity index (χ2v) is 26.6. The molecule has 5 heterocycles. The molecular formula is C69H75N4O+. The van der Waals surface area contributed by atoms with Crippen molar-refractivity contribution in [1.82, 2.24) is 18.5 Å². The maximum absolute atomic E-state index is 7.00. The third kappa shape index (κ3) is 8.28. The van der Waals surface area contributed by atoms with E-state index in [9.17, 15) is 0 Å². The number of ether oxygens (including phenoxy) is 1. The lowest BCUT2D eigenvalue weighted by Gasteiger charge is -2.56. The highest BCUT2D eigenvalue weighted by Gasteiger charge is 2.64. The fourth-order valence-corrected chi connectivity index (χ4v) is 11.6. The first-order chi connectivity index (χ1) is 34.7. The molecule has 3 aliphatic rings. The van der Waals surface area contributed by atoms with E-state index in [1.807, 2.05) is 0 Å². The summed E-state index contributed by atoms with van der Waals surface area (Å²) in [6.07, 6.45) is 2.08. The maximum atomic E-state index is 7.00. The van der Waals surface area contributed by atoms with Crippen molar-refractivity contribution in [1.29, 1.82) is 0 Å². The average Bonchev–Trinajstić information content (AvgIpc) is 4.05. The van der Waals surface area contributed by atoms with E-state index in [1.165, 1.54) is 72.6 Å². The van der Waals surface area contributed by atoms with Crippen molar-refractivity contribution >= 4 is 44.6 Å². The van der Waals surface area contributed by atoms with E-state index < -0.39 is 0 Å². The van der Waals surface area contributed by atoms with Gasteiger partial charge in [0.2, 0.25) is 0 Å². The zero-order valence-corrected chi connectivity index (χ0v) is 46.6. The van der Waals surface area contributed by atoms with Gasteiger partial charge in [-0.05, 0) is 108 Å². The topological polar surface area (TPSA) is 27.1 Å². The Morgan fingerprint density at radius 3 is 1.73 bits per heavy atom.